The molecule has 1 aromatic carbocycles. The van der Waals surface area contributed by atoms with Crippen molar-refractivity contribution in [3.05, 3.63) is 28.8 Å². The number of carbonyl (C=O) groups excluding carboxylic acids is 3. The summed E-state index contributed by atoms with van der Waals surface area (Å²) in [6, 6.07) is 5.37. The van der Waals surface area contributed by atoms with Crippen LogP contribution < -0.4 is 9.80 Å². The second-order valence-electron chi connectivity index (χ2n) is 6.80. The van der Waals surface area contributed by atoms with Gasteiger partial charge in [0.05, 0.1) is 26.2 Å². The molecular formula is C18H24ClN4O3+. The third kappa shape index (κ3) is 3.54. The van der Waals surface area contributed by atoms with Crippen molar-refractivity contribution in [2.45, 2.75) is 20.3 Å². The number of hydrogen-bond donors (Lipinski definition) is 1. The van der Waals surface area contributed by atoms with Crippen molar-refractivity contribution < 1.29 is 19.3 Å². The van der Waals surface area contributed by atoms with E-state index in [1.807, 2.05) is 25.1 Å². The van der Waals surface area contributed by atoms with Gasteiger partial charge in [0.15, 0.2) is 6.67 Å². The van der Waals surface area contributed by atoms with E-state index in [0.29, 0.717) is 11.4 Å². The van der Waals surface area contributed by atoms with Crippen LogP contribution in [0.2, 0.25) is 5.02 Å². The molecule has 3 rings (SSSR count). The number of carbonyl (C=O) groups is 3. The molecule has 0 atom stereocenters. The molecule has 2 heterocycles. The van der Waals surface area contributed by atoms with Crippen LogP contribution in [0.3, 0.4) is 0 Å². The van der Waals surface area contributed by atoms with E-state index >= 15 is 0 Å². The normalized spacial score (nSPS) is 19.0. The van der Waals surface area contributed by atoms with Gasteiger partial charge in [-0.3, -0.25) is 14.5 Å². The van der Waals surface area contributed by atoms with E-state index in [-0.39, 0.29) is 13.2 Å². The summed E-state index contributed by atoms with van der Waals surface area (Å²) in [4.78, 5) is 41.9. The van der Waals surface area contributed by atoms with E-state index < -0.39 is 17.8 Å². The topological polar surface area (TPSA) is 65.4 Å². The maximum absolute atomic E-state index is 12.3. The summed E-state index contributed by atoms with van der Waals surface area (Å²) in [5.74, 6) is -1.41. The predicted octanol–water partition coefficient (Wildman–Crippen LogP) is 0.512. The molecule has 4 amide bonds. The second-order valence-corrected chi connectivity index (χ2v) is 7.23. The maximum atomic E-state index is 12.3. The van der Waals surface area contributed by atoms with Crippen LogP contribution in [-0.2, 0) is 9.59 Å². The van der Waals surface area contributed by atoms with Crippen LogP contribution in [0, 0.1) is 6.92 Å². The molecule has 0 bridgehead atoms. The Bertz CT molecular complexity index is 731. The maximum Gasteiger partial charge on any atom is 0.338 e. The third-order valence-corrected chi connectivity index (χ3v) is 5.18. The summed E-state index contributed by atoms with van der Waals surface area (Å²) in [5.41, 5.74) is 2.29. The number of piperazine rings is 1. The van der Waals surface area contributed by atoms with Gasteiger partial charge in [-0.2, -0.15) is 0 Å². The molecule has 7 nitrogen and oxygen atoms in total. The molecule has 0 aromatic heterocycles. The molecule has 2 aliphatic rings. The Kier molecular flexibility index (Phi) is 5.48. The minimum atomic E-state index is -0.705. The van der Waals surface area contributed by atoms with Crippen LogP contribution in [0.15, 0.2) is 18.2 Å². The number of nitrogens with one attached hydrogen (secondary N) is 1. The molecule has 26 heavy (non-hydrogen) atoms. The number of amides is 4. The molecule has 1 N–H and O–H groups in total. The third-order valence-electron chi connectivity index (χ3n) is 4.95. The lowest BCUT2D eigenvalue weighted by atomic mass is 10.1. The van der Waals surface area contributed by atoms with Crippen LogP contribution in [0.1, 0.15) is 18.9 Å². The largest absolute Gasteiger partial charge is 0.360 e. The fourth-order valence-electron chi connectivity index (χ4n) is 3.48. The van der Waals surface area contributed by atoms with E-state index in [0.717, 1.165) is 46.6 Å². The summed E-state index contributed by atoms with van der Waals surface area (Å²) in [6.07, 6.45) is 0.642. The number of aryl methyl sites for hydroxylation is 1. The van der Waals surface area contributed by atoms with E-state index in [9.17, 15) is 14.4 Å². The van der Waals surface area contributed by atoms with Crippen molar-refractivity contribution in [3.8, 4) is 0 Å². The first-order chi connectivity index (χ1) is 12.4. The van der Waals surface area contributed by atoms with Crippen LogP contribution in [0.4, 0.5) is 10.5 Å². The van der Waals surface area contributed by atoms with Crippen molar-refractivity contribution >= 4 is 35.1 Å². The number of rotatable bonds is 5. The van der Waals surface area contributed by atoms with Gasteiger partial charge in [-0.05, 0) is 31.0 Å². The molecule has 2 fully saturated rings. The summed E-state index contributed by atoms with van der Waals surface area (Å²) in [5, 5.41) is 0.711. The summed E-state index contributed by atoms with van der Waals surface area (Å²) < 4.78 is 0. The SMILES string of the molecule is CCCN1C(=O)C(=O)N(C[NH+]2CCN(c3cc(Cl)ccc3C)CC2)C1=O. The van der Waals surface area contributed by atoms with Gasteiger partial charge in [0.2, 0.25) is 0 Å². The highest BCUT2D eigenvalue weighted by molar-refractivity contribution is 6.44. The monoisotopic (exact) mass is 379 g/mol. The first-order valence-electron chi connectivity index (χ1n) is 8.94. The highest BCUT2D eigenvalue weighted by atomic mass is 35.5. The Morgan fingerprint density at radius 2 is 1.73 bits per heavy atom. The Labute approximate surface area is 158 Å². The van der Waals surface area contributed by atoms with Crippen LogP contribution in [0.25, 0.3) is 0 Å². The van der Waals surface area contributed by atoms with Gasteiger partial charge in [0.25, 0.3) is 0 Å². The van der Waals surface area contributed by atoms with Crippen molar-refractivity contribution in [3.63, 3.8) is 0 Å². The summed E-state index contributed by atoms with van der Waals surface area (Å²) in [6.45, 7) is 7.63. The summed E-state index contributed by atoms with van der Waals surface area (Å²) in [7, 11) is 0. The molecule has 1 aromatic rings. The zero-order valence-electron chi connectivity index (χ0n) is 15.1. The van der Waals surface area contributed by atoms with E-state index in [2.05, 4.69) is 11.8 Å². The molecule has 0 saturated carbocycles. The quantitative estimate of drug-likeness (QED) is 0.598. The van der Waals surface area contributed by atoms with Gasteiger partial charge >= 0.3 is 17.8 Å². The summed E-state index contributed by atoms with van der Waals surface area (Å²) >= 11 is 6.11. The number of nitrogens with zero attached hydrogens (tertiary/aromatic N) is 3. The van der Waals surface area contributed by atoms with Gasteiger partial charge in [-0.15, -0.1) is 0 Å². The Hall–Kier alpha value is -2.12. The molecule has 0 radical (unpaired) electrons. The average Bonchev–Trinajstić information content (AvgIpc) is 2.83. The zero-order valence-corrected chi connectivity index (χ0v) is 15.9. The minimum Gasteiger partial charge on any atom is -0.360 e. The number of hydrogen-bond acceptors (Lipinski definition) is 4. The number of imide groups is 2. The highest BCUT2D eigenvalue weighted by Crippen LogP contribution is 2.24. The highest BCUT2D eigenvalue weighted by Gasteiger charge is 2.45. The van der Waals surface area contributed by atoms with Crippen molar-refractivity contribution in [2.24, 2.45) is 0 Å². The fraction of sp³-hybridized carbons (Fsp3) is 0.500. The van der Waals surface area contributed by atoms with Crippen LogP contribution >= 0.6 is 11.6 Å². The van der Waals surface area contributed by atoms with Crippen molar-refractivity contribution in [1.29, 1.82) is 0 Å². The molecule has 8 heteroatoms. The van der Waals surface area contributed by atoms with E-state index in [4.69, 9.17) is 11.6 Å². The number of anilines is 1. The van der Waals surface area contributed by atoms with Gasteiger partial charge < -0.3 is 9.80 Å². The minimum absolute atomic E-state index is 0.242. The zero-order chi connectivity index (χ0) is 18.8. The average molecular weight is 380 g/mol. The van der Waals surface area contributed by atoms with Crippen LogP contribution in [0.5, 0.6) is 0 Å². The van der Waals surface area contributed by atoms with Gasteiger partial charge in [0.1, 0.15) is 0 Å². The first-order valence-corrected chi connectivity index (χ1v) is 9.32. The van der Waals surface area contributed by atoms with Gasteiger partial charge in [-0.25, -0.2) is 9.69 Å². The van der Waals surface area contributed by atoms with Gasteiger partial charge in [-0.1, -0.05) is 24.6 Å². The second kappa shape index (κ2) is 7.63. The number of benzene rings is 1. The smallest absolute Gasteiger partial charge is 0.338 e. The first kappa shape index (κ1) is 18.7. The molecule has 0 unspecified atom stereocenters. The lowest BCUT2D eigenvalue weighted by molar-refractivity contribution is -0.907. The Morgan fingerprint density at radius 3 is 2.38 bits per heavy atom. The standard InChI is InChI=1S/C18H23ClN4O3/c1-3-6-22-16(24)17(25)23(18(22)26)12-20-7-9-21(10-8-20)15-11-14(19)5-4-13(15)2/h4-5,11H,3,6-10,12H2,1-2H3/p+1. The molecule has 2 aliphatic heterocycles. The van der Waals surface area contributed by atoms with E-state index in [1.54, 1.807) is 0 Å². The predicted molar refractivity (Wildman–Crippen MR) is 98.2 cm³/mol. The van der Waals surface area contributed by atoms with E-state index in [1.165, 1.54) is 5.56 Å². The number of urea groups is 1. The van der Waals surface area contributed by atoms with Crippen molar-refractivity contribution in [1.82, 2.24) is 9.80 Å². The molecular weight excluding hydrogens is 356 g/mol. The Balaban J connectivity index is 1.61. The van der Waals surface area contributed by atoms with Gasteiger partial charge in [0, 0.05) is 17.3 Å². The van der Waals surface area contributed by atoms with Crippen LogP contribution in [-0.4, -0.2) is 67.0 Å². The molecule has 2 saturated heterocycles. The molecule has 140 valence electrons. The number of quaternary nitrogens is 1. The number of halogens is 1. The lowest BCUT2D eigenvalue weighted by Gasteiger charge is -2.35. The fourth-order valence-corrected chi connectivity index (χ4v) is 3.65. The molecule has 0 aliphatic carbocycles. The molecule has 0 spiro atoms. The lowest BCUT2D eigenvalue weighted by Crippen LogP contribution is -3.16. The Morgan fingerprint density at radius 1 is 1.08 bits per heavy atom. The van der Waals surface area contributed by atoms with Crippen molar-refractivity contribution in [2.75, 3.05) is 44.3 Å².